The van der Waals surface area contributed by atoms with Gasteiger partial charge in [-0.25, -0.2) is 0 Å². The maximum Gasteiger partial charge on any atom is 0.0976 e. The Bertz CT molecular complexity index is 483. The summed E-state index contributed by atoms with van der Waals surface area (Å²) in [6, 6.07) is 8.24. The molecule has 0 atom stereocenters. The van der Waals surface area contributed by atoms with Crippen LogP contribution in [0.4, 0.5) is 0 Å². The van der Waals surface area contributed by atoms with Gasteiger partial charge in [0.15, 0.2) is 0 Å². The Morgan fingerprint density at radius 3 is 2.53 bits per heavy atom. The Labute approximate surface area is 86.2 Å². The van der Waals surface area contributed by atoms with Gasteiger partial charge in [-0.1, -0.05) is 6.07 Å². The van der Waals surface area contributed by atoms with Crippen molar-refractivity contribution < 1.29 is 9.90 Å². The Morgan fingerprint density at radius 2 is 1.87 bits per heavy atom. The van der Waals surface area contributed by atoms with Gasteiger partial charge in [-0.2, -0.15) is 0 Å². The van der Waals surface area contributed by atoms with E-state index in [0.29, 0.717) is 11.4 Å². The molecule has 0 aliphatic heterocycles. The number of carboxylic acids is 1. The third-order valence-electron chi connectivity index (χ3n) is 1.94. The van der Waals surface area contributed by atoms with Gasteiger partial charge in [-0.05, 0) is 24.3 Å². The van der Waals surface area contributed by atoms with Crippen molar-refractivity contribution in [2.24, 2.45) is 0 Å². The molecule has 0 saturated carbocycles. The molecule has 0 aliphatic carbocycles. The summed E-state index contributed by atoms with van der Waals surface area (Å²) >= 11 is 0. The molecule has 0 bridgehead atoms. The Kier molecular flexibility index (Phi) is 2.41. The van der Waals surface area contributed by atoms with E-state index in [4.69, 9.17) is 0 Å². The highest BCUT2D eigenvalue weighted by molar-refractivity contribution is 5.92. The van der Waals surface area contributed by atoms with Crippen molar-refractivity contribution in [3.8, 4) is 11.4 Å². The summed E-state index contributed by atoms with van der Waals surface area (Å²) < 4.78 is 0. The van der Waals surface area contributed by atoms with Crippen LogP contribution in [-0.4, -0.2) is 15.9 Å². The first-order valence-electron chi connectivity index (χ1n) is 4.37. The summed E-state index contributed by atoms with van der Waals surface area (Å²) in [6.07, 6.45) is 3.11. The average molecular weight is 199 g/mol. The summed E-state index contributed by atoms with van der Waals surface area (Å²) in [5, 5.41) is 10.8. The average Bonchev–Trinajstić information content (AvgIpc) is 2.30. The molecule has 0 radical (unpaired) electrons. The van der Waals surface area contributed by atoms with Crippen molar-refractivity contribution in [1.29, 1.82) is 0 Å². The number of carbonyl (C=O) groups is 1. The third kappa shape index (κ3) is 1.83. The number of hydrogen-bond acceptors (Lipinski definition) is 4. The molecule has 2 heterocycles. The fraction of sp³-hybridized carbons (Fsp3) is 0. The van der Waals surface area contributed by atoms with Crippen LogP contribution in [0.25, 0.3) is 11.4 Å². The molecule has 0 aliphatic rings. The minimum atomic E-state index is -1.25. The lowest BCUT2D eigenvalue weighted by Gasteiger charge is -2.07. The summed E-state index contributed by atoms with van der Waals surface area (Å²) in [6.45, 7) is 0. The zero-order chi connectivity index (χ0) is 10.7. The molecule has 2 rings (SSSR count). The molecule has 4 nitrogen and oxygen atoms in total. The Morgan fingerprint density at radius 1 is 1.07 bits per heavy atom. The summed E-state index contributed by atoms with van der Waals surface area (Å²) in [7, 11) is 0. The number of nitrogens with zero attached hydrogens (tertiary/aromatic N) is 2. The summed E-state index contributed by atoms with van der Waals surface area (Å²) in [5.74, 6) is -1.25. The molecule has 0 fully saturated rings. The lowest BCUT2D eigenvalue weighted by molar-refractivity contribution is -0.255. The highest BCUT2D eigenvalue weighted by Crippen LogP contribution is 2.17. The van der Waals surface area contributed by atoms with Gasteiger partial charge in [0.2, 0.25) is 0 Å². The first-order chi connectivity index (χ1) is 7.29. The molecular formula is C11H7N2O2-. The standard InChI is InChI=1S/C11H8N2O2/c14-11(15)8-4-3-7-13-10(8)9-5-1-2-6-12-9/h1-7H,(H,14,15)/p-1. The van der Waals surface area contributed by atoms with Crippen molar-refractivity contribution in [2.45, 2.75) is 0 Å². The second-order valence-corrected chi connectivity index (χ2v) is 2.90. The van der Waals surface area contributed by atoms with Crippen LogP contribution in [0, 0.1) is 0 Å². The molecule has 0 aromatic carbocycles. The van der Waals surface area contributed by atoms with E-state index in [9.17, 15) is 9.90 Å². The molecular weight excluding hydrogens is 192 g/mol. The van der Waals surface area contributed by atoms with Gasteiger partial charge < -0.3 is 9.90 Å². The van der Waals surface area contributed by atoms with Crippen molar-refractivity contribution in [2.75, 3.05) is 0 Å². The molecule has 4 heteroatoms. The maximum atomic E-state index is 10.8. The second-order valence-electron chi connectivity index (χ2n) is 2.90. The van der Waals surface area contributed by atoms with Gasteiger partial charge in [0.25, 0.3) is 0 Å². The minimum absolute atomic E-state index is 0.0520. The maximum absolute atomic E-state index is 10.8. The van der Waals surface area contributed by atoms with Crippen LogP contribution in [0.3, 0.4) is 0 Å². The van der Waals surface area contributed by atoms with Crippen LogP contribution in [0.15, 0.2) is 42.7 Å². The molecule has 0 saturated heterocycles. The van der Waals surface area contributed by atoms with Crippen LogP contribution in [-0.2, 0) is 0 Å². The quantitative estimate of drug-likeness (QED) is 0.706. The van der Waals surface area contributed by atoms with Gasteiger partial charge in [0.1, 0.15) is 0 Å². The van der Waals surface area contributed by atoms with Crippen molar-refractivity contribution in [3.05, 3.63) is 48.3 Å². The zero-order valence-corrected chi connectivity index (χ0v) is 7.75. The number of carboxylic acid groups (broad SMARTS) is 1. The third-order valence-corrected chi connectivity index (χ3v) is 1.94. The van der Waals surface area contributed by atoms with Gasteiger partial charge >= 0.3 is 0 Å². The van der Waals surface area contributed by atoms with Crippen molar-refractivity contribution in [3.63, 3.8) is 0 Å². The topological polar surface area (TPSA) is 65.9 Å². The molecule has 0 amide bonds. The lowest BCUT2D eigenvalue weighted by atomic mass is 10.1. The Balaban J connectivity index is 2.58. The van der Waals surface area contributed by atoms with Crippen LogP contribution in [0.5, 0.6) is 0 Å². The second kappa shape index (κ2) is 3.88. The molecule has 2 aromatic heterocycles. The predicted molar refractivity (Wildman–Crippen MR) is 51.8 cm³/mol. The largest absolute Gasteiger partial charge is 0.545 e. The number of pyridine rings is 2. The fourth-order valence-electron chi connectivity index (χ4n) is 1.28. The van der Waals surface area contributed by atoms with E-state index >= 15 is 0 Å². The van der Waals surface area contributed by atoms with Crippen LogP contribution >= 0.6 is 0 Å². The molecule has 2 aromatic rings. The number of carbonyl (C=O) groups excluding carboxylic acids is 1. The van der Waals surface area contributed by atoms with E-state index in [1.807, 2.05) is 0 Å². The van der Waals surface area contributed by atoms with E-state index < -0.39 is 5.97 Å². The van der Waals surface area contributed by atoms with E-state index in [-0.39, 0.29) is 5.56 Å². The van der Waals surface area contributed by atoms with Gasteiger partial charge in [0, 0.05) is 18.0 Å². The molecule has 0 spiro atoms. The van der Waals surface area contributed by atoms with E-state index in [0.717, 1.165) is 0 Å². The van der Waals surface area contributed by atoms with E-state index in [2.05, 4.69) is 9.97 Å². The fourth-order valence-corrected chi connectivity index (χ4v) is 1.28. The van der Waals surface area contributed by atoms with Crippen molar-refractivity contribution in [1.82, 2.24) is 9.97 Å². The van der Waals surface area contributed by atoms with Crippen molar-refractivity contribution >= 4 is 5.97 Å². The number of aromatic nitrogens is 2. The van der Waals surface area contributed by atoms with Gasteiger partial charge in [-0.3, -0.25) is 9.97 Å². The van der Waals surface area contributed by atoms with Crippen LogP contribution in [0.1, 0.15) is 10.4 Å². The molecule has 0 unspecified atom stereocenters. The first-order valence-corrected chi connectivity index (χ1v) is 4.37. The first kappa shape index (κ1) is 9.33. The highest BCUT2D eigenvalue weighted by atomic mass is 16.4. The van der Waals surface area contributed by atoms with E-state index in [1.54, 1.807) is 30.5 Å². The van der Waals surface area contributed by atoms with Gasteiger partial charge in [0.05, 0.1) is 17.4 Å². The van der Waals surface area contributed by atoms with Gasteiger partial charge in [-0.15, -0.1) is 0 Å². The monoisotopic (exact) mass is 199 g/mol. The number of aromatic carboxylic acids is 1. The predicted octanol–water partition coefficient (Wildman–Crippen LogP) is 0.507. The highest BCUT2D eigenvalue weighted by Gasteiger charge is 2.06. The smallest absolute Gasteiger partial charge is 0.0976 e. The summed E-state index contributed by atoms with van der Waals surface area (Å²) in [5.41, 5.74) is 0.909. The SMILES string of the molecule is O=C([O-])c1cccnc1-c1ccccn1. The van der Waals surface area contributed by atoms with Crippen LogP contribution < -0.4 is 5.11 Å². The normalized spacial score (nSPS) is 9.87. The molecule has 74 valence electrons. The number of hydrogen-bond donors (Lipinski definition) is 0. The van der Waals surface area contributed by atoms with Crippen LogP contribution in [0.2, 0.25) is 0 Å². The zero-order valence-electron chi connectivity index (χ0n) is 7.75. The van der Waals surface area contributed by atoms with E-state index in [1.165, 1.54) is 12.3 Å². The minimum Gasteiger partial charge on any atom is -0.545 e. The number of rotatable bonds is 2. The molecule has 0 N–H and O–H groups in total. The lowest BCUT2D eigenvalue weighted by Crippen LogP contribution is -2.23. The molecule has 15 heavy (non-hydrogen) atoms. The Hall–Kier alpha value is -2.23. The summed E-state index contributed by atoms with van der Waals surface area (Å²) in [4.78, 5) is 18.8.